The van der Waals surface area contributed by atoms with Gasteiger partial charge >= 0.3 is 0 Å². The fraction of sp³-hybridized carbons (Fsp3) is 0.357. The maximum atomic E-state index is 12.7. The first-order chi connectivity index (χ1) is 10.3. The van der Waals surface area contributed by atoms with E-state index in [0.29, 0.717) is 35.5 Å². The van der Waals surface area contributed by atoms with Crippen LogP contribution >= 0.6 is 11.8 Å². The summed E-state index contributed by atoms with van der Waals surface area (Å²) < 4.78 is 33.0. The molecule has 0 radical (unpaired) electrons. The molecule has 1 unspecified atom stereocenters. The summed E-state index contributed by atoms with van der Waals surface area (Å²) in [4.78, 5) is 4.68. The van der Waals surface area contributed by atoms with Gasteiger partial charge in [-0.15, -0.1) is 0 Å². The third kappa shape index (κ3) is 3.25. The van der Waals surface area contributed by atoms with Crippen LogP contribution < -0.4 is 5.32 Å². The van der Waals surface area contributed by atoms with Gasteiger partial charge in [0.05, 0.1) is 30.5 Å². The summed E-state index contributed by atoms with van der Waals surface area (Å²) in [6, 6.07) is 7.08. The maximum absolute atomic E-state index is 12.7. The number of halogens is 2. The van der Waals surface area contributed by atoms with Crippen molar-refractivity contribution in [3.63, 3.8) is 0 Å². The Balaban J connectivity index is 1.96. The van der Waals surface area contributed by atoms with E-state index in [2.05, 4.69) is 10.3 Å². The Kier molecular flexibility index (Phi) is 4.52. The summed E-state index contributed by atoms with van der Waals surface area (Å²) >= 11 is 0.540. The van der Waals surface area contributed by atoms with Gasteiger partial charge in [-0.25, -0.2) is 4.98 Å². The number of nitrogens with one attached hydrogen (secondary N) is 1. The lowest BCUT2D eigenvalue weighted by Crippen LogP contribution is -2.34. The first-order valence-electron chi connectivity index (χ1n) is 6.64. The van der Waals surface area contributed by atoms with E-state index in [1.54, 1.807) is 24.7 Å². The molecule has 0 bridgehead atoms. The zero-order valence-corrected chi connectivity index (χ0v) is 12.0. The van der Waals surface area contributed by atoms with Gasteiger partial charge < -0.3 is 10.1 Å². The monoisotopic (exact) mass is 311 g/mol. The van der Waals surface area contributed by atoms with Crippen molar-refractivity contribution in [2.45, 2.75) is 16.8 Å². The highest BCUT2D eigenvalue weighted by atomic mass is 32.2. The molecule has 1 aliphatic heterocycles. The molecule has 1 atom stereocenters. The predicted octanol–water partition coefficient (Wildman–Crippen LogP) is 2.85. The Morgan fingerprint density at radius 1 is 1.38 bits per heavy atom. The molecule has 0 aliphatic carbocycles. The molecule has 1 N–H and O–H groups in total. The van der Waals surface area contributed by atoms with Gasteiger partial charge in [0.25, 0.3) is 5.76 Å². The highest BCUT2D eigenvalue weighted by Gasteiger charge is 2.21. The van der Waals surface area contributed by atoms with Gasteiger partial charge in [-0.3, -0.25) is 4.57 Å². The van der Waals surface area contributed by atoms with Crippen molar-refractivity contribution in [1.82, 2.24) is 14.9 Å². The van der Waals surface area contributed by atoms with Gasteiger partial charge in [-0.1, -0.05) is 23.9 Å². The zero-order chi connectivity index (χ0) is 14.7. The van der Waals surface area contributed by atoms with Crippen LogP contribution in [0.15, 0.2) is 41.7 Å². The Morgan fingerprint density at radius 3 is 3.00 bits per heavy atom. The summed E-state index contributed by atoms with van der Waals surface area (Å²) in [5.74, 6) is -2.45. The fourth-order valence-electron chi connectivity index (χ4n) is 2.35. The van der Waals surface area contributed by atoms with Crippen LogP contribution in [0.2, 0.25) is 0 Å². The number of aromatic nitrogens is 2. The quantitative estimate of drug-likeness (QED) is 0.881. The van der Waals surface area contributed by atoms with Gasteiger partial charge in [0.1, 0.15) is 6.10 Å². The van der Waals surface area contributed by atoms with Gasteiger partial charge in [-0.05, 0) is 12.1 Å². The number of benzene rings is 1. The van der Waals surface area contributed by atoms with Crippen LogP contribution in [-0.2, 0) is 4.74 Å². The summed E-state index contributed by atoms with van der Waals surface area (Å²) in [7, 11) is 0. The van der Waals surface area contributed by atoms with Crippen molar-refractivity contribution in [1.29, 1.82) is 0 Å². The molecule has 0 spiro atoms. The molecule has 1 saturated heterocycles. The molecule has 2 aromatic rings. The number of thioether (sulfide) groups is 1. The van der Waals surface area contributed by atoms with Crippen molar-refractivity contribution >= 4 is 11.8 Å². The van der Waals surface area contributed by atoms with Crippen molar-refractivity contribution in [3.05, 3.63) is 42.5 Å². The predicted molar refractivity (Wildman–Crippen MR) is 77.0 cm³/mol. The minimum Gasteiger partial charge on any atom is -0.369 e. The average Bonchev–Trinajstić information content (AvgIpc) is 2.97. The highest BCUT2D eigenvalue weighted by Crippen LogP contribution is 2.32. The van der Waals surface area contributed by atoms with Gasteiger partial charge in [-0.2, -0.15) is 8.78 Å². The number of rotatable bonds is 4. The van der Waals surface area contributed by atoms with Crippen LogP contribution in [0.3, 0.4) is 0 Å². The molecule has 0 amide bonds. The van der Waals surface area contributed by atoms with E-state index in [4.69, 9.17) is 4.74 Å². The number of ether oxygens (including phenoxy) is 1. The topological polar surface area (TPSA) is 39.1 Å². The second kappa shape index (κ2) is 6.55. The smallest absolute Gasteiger partial charge is 0.288 e. The second-order valence-corrected chi connectivity index (χ2v) is 5.63. The molecular formula is C14H15F2N3OS. The van der Waals surface area contributed by atoms with E-state index in [1.807, 2.05) is 16.7 Å². The van der Waals surface area contributed by atoms with Crippen LogP contribution in [-0.4, -0.2) is 35.0 Å². The Hall–Kier alpha value is -1.44. The number of alkyl halides is 2. The number of nitrogens with zero attached hydrogens (tertiary/aromatic N) is 2. The number of morpholine rings is 1. The Morgan fingerprint density at radius 2 is 2.24 bits per heavy atom. The maximum Gasteiger partial charge on any atom is 0.288 e. The van der Waals surface area contributed by atoms with Gasteiger partial charge in [0.2, 0.25) is 0 Å². The highest BCUT2D eigenvalue weighted by molar-refractivity contribution is 7.99. The lowest BCUT2D eigenvalue weighted by molar-refractivity contribution is 0.0240. The number of hydrogen-bond donors (Lipinski definition) is 1. The van der Waals surface area contributed by atoms with Crippen LogP contribution in [0.25, 0.3) is 5.69 Å². The molecule has 1 fully saturated rings. The molecule has 1 aromatic carbocycles. The third-order valence-electron chi connectivity index (χ3n) is 3.27. The Labute approximate surface area is 125 Å². The number of imidazole rings is 1. The normalized spacial score (nSPS) is 19.1. The van der Waals surface area contributed by atoms with E-state index >= 15 is 0 Å². The lowest BCUT2D eigenvalue weighted by Gasteiger charge is -2.25. The van der Waals surface area contributed by atoms with Crippen molar-refractivity contribution in [2.24, 2.45) is 0 Å². The van der Waals surface area contributed by atoms with Crippen LogP contribution in [0.5, 0.6) is 0 Å². The van der Waals surface area contributed by atoms with Crippen LogP contribution in [0.4, 0.5) is 8.78 Å². The number of hydrogen-bond acceptors (Lipinski definition) is 4. The molecule has 1 aromatic heterocycles. The Bertz CT molecular complexity index is 599. The van der Waals surface area contributed by atoms with Gasteiger partial charge in [0.15, 0.2) is 0 Å². The second-order valence-electron chi connectivity index (χ2n) is 4.60. The summed E-state index contributed by atoms with van der Waals surface area (Å²) in [6.45, 7) is 2.14. The number of para-hydroxylation sites is 1. The van der Waals surface area contributed by atoms with Crippen molar-refractivity contribution < 1.29 is 13.5 Å². The molecule has 0 saturated carbocycles. The zero-order valence-electron chi connectivity index (χ0n) is 11.2. The minimum absolute atomic E-state index is 0.120. The molecule has 7 heteroatoms. The average molecular weight is 311 g/mol. The first kappa shape index (κ1) is 14.5. The van der Waals surface area contributed by atoms with E-state index in [0.717, 1.165) is 12.2 Å². The van der Waals surface area contributed by atoms with Gasteiger partial charge in [0, 0.05) is 18.0 Å². The van der Waals surface area contributed by atoms with Crippen LogP contribution in [0, 0.1) is 0 Å². The summed E-state index contributed by atoms with van der Waals surface area (Å²) in [5, 5.41) is 3.26. The minimum atomic E-state index is -2.45. The molecule has 1 aliphatic rings. The largest absolute Gasteiger partial charge is 0.369 e. The SMILES string of the molecule is FC(F)Sc1ccccc1-n1cncc1C1CNCCO1. The summed E-state index contributed by atoms with van der Waals surface area (Å²) in [5.41, 5.74) is 1.56. The van der Waals surface area contributed by atoms with E-state index < -0.39 is 5.76 Å². The molecule has 4 nitrogen and oxygen atoms in total. The third-order valence-corrected chi connectivity index (χ3v) is 4.04. The standard InChI is InChI=1S/C14H15F2N3OS/c15-14(16)21-13-4-2-1-3-10(13)19-9-18-7-11(19)12-8-17-5-6-20-12/h1-4,7,9,12,14,17H,5-6,8H2. The first-order valence-corrected chi connectivity index (χ1v) is 7.52. The summed E-state index contributed by atoms with van der Waals surface area (Å²) in [6.07, 6.45) is 3.24. The van der Waals surface area contributed by atoms with Crippen LogP contribution in [0.1, 0.15) is 11.8 Å². The van der Waals surface area contributed by atoms with E-state index in [-0.39, 0.29) is 6.10 Å². The lowest BCUT2D eigenvalue weighted by atomic mass is 10.2. The molecule has 21 heavy (non-hydrogen) atoms. The van der Waals surface area contributed by atoms with E-state index in [1.165, 1.54) is 0 Å². The molecule has 112 valence electrons. The molecule has 2 heterocycles. The fourth-order valence-corrected chi connectivity index (χ4v) is 2.99. The van der Waals surface area contributed by atoms with E-state index in [9.17, 15) is 8.78 Å². The molecular weight excluding hydrogens is 296 g/mol. The van der Waals surface area contributed by atoms with Crippen molar-refractivity contribution in [2.75, 3.05) is 19.7 Å². The molecule has 3 rings (SSSR count). The van der Waals surface area contributed by atoms with Crippen molar-refractivity contribution in [3.8, 4) is 5.69 Å².